The van der Waals surface area contributed by atoms with Crippen molar-refractivity contribution < 1.29 is 30.0 Å². The van der Waals surface area contributed by atoms with E-state index in [4.69, 9.17) is 69.6 Å². The molecule has 0 N–H and O–H groups in total. The first kappa shape index (κ1) is 88.2. The molecule has 16 nitrogen and oxygen atoms in total. The molecule has 6 aromatic heterocycles. The Kier molecular flexibility index (Phi) is 31.1. The lowest BCUT2D eigenvalue weighted by Crippen LogP contribution is -2.05. The molecule has 0 spiro atoms. The van der Waals surface area contributed by atoms with Crippen LogP contribution in [0.15, 0.2) is 195 Å². The lowest BCUT2D eigenvalue weighted by atomic mass is 10.0. The number of benzene rings is 6. The Morgan fingerprint density at radius 1 is 0.355 bits per heavy atom. The topological polar surface area (TPSA) is 175 Å². The van der Waals surface area contributed by atoms with Crippen molar-refractivity contribution in [2.45, 2.75) is 135 Å². The minimum absolute atomic E-state index is 0.0189. The highest BCUT2D eigenvalue weighted by molar-refractivity contribution is 7.91. The molecule has 6 heterocycles. The molecule has 0 aliphatic carbocycles. The van der Waals surface area contributed by atoms with Crippen LogP contribution in [0, 0.1) is 24.4 Å². The van der Waals surface area contributed by atoms with E-state index in [0.29, 0.717) is 50.6 Å². The molecule has 580 valence electrons. The summed E-state index contributed by atoms with van der Waals surface area (Å²) in [6.45, 7) is 40.9. The van der Waals surface area contributed by atoms with Gasteiger partial charge in [0.05, 0.1) is 85.9 Å². The van der Waals surface area contributed by atoms with Gasteiger partial charge in [-0.3, -0.25) is 0 Å². The van der Waals surface area contributed by atoms with Gasteiger partial charge in [0.25, 0.3) is 0 Å². The fourth-order valence-corrected chi connectivity index (χ4v) is 13.4. The molecule has 0 aliphatic heterocycles. The van der Waals surface area contributed by atoms with E-state index in [1.54, 1.807) is 93.3 Å². The molecule has 0 unspecified atom stereocenters. The molecule has 0 fully saturated rings. The van der Waals surface area contributed by atoms with Crippen LogP contribution in [0.1, 0.15) is 180 Å². The lowest BCUT2D eigenvalue weighted by Gasteiger charge is -2.14. The van der Waals surface area contributed by atoms with Crippen LogP contribution in [0.2, 0.25) is 30.1 Å². The first-order valence-corrected chi connectivity index (χ1v) is 40.8. The second kappa shape index (κ2) is 38.7. The number of hydrogen-bond acceptors (Lipinski definition) is 10. The number of rotatable bonds is 18. The van der Waals surface area contributed by atoms with Gasteiger partial charge in [-0.25, -0.2) is 58.1 Å². The highest BCUT2D eigenvalue weighted by Gasteiger charge is 2.23. The van der Waals surface area contributed by atoms with Crippen LogP contribution in [0.25, 0.3) is 58.4 Å². The fraction of sp³-hybridized carbons (Fsp3) is 0.253. The van der Waals surface area contributed by atoms with E-state index < -0.39 is 25.5 Å². The van der Waals surface area contributed by atoms with E-state index >= 15 is 0 Å². The summed E-state index contributed by atoms with van der Waals surface area (Å²) >= 11 is 35.6. The largest absolute Gasteiger partial charge is 0.240 e. The molecule has 0 radical (unpaired) electrons. The van der Waals surface area contributed by atoms with Crippen molar-refractivity contribution >= 4 is 114 Å². The average Bonchev–Trinajstić information content (AvgIpc) is 1.52. The van der Waals surface area contributed by atoms with Gasteiger partial charge in [0, 0.05) is 104 Å². The molecule has 0 amide bonds. The zero-order valence-electron chi connectivity index (χ0n) is 63.8. The van der Waals surface area contributed by atoms with E-state index in [1.807, 2.05) is 131 Å². The van der Waals surface area contributed by atoms with Crippen LogP contribution in [0.5, 0.6) is 0 Å². The maximum atomic E-state index is 14.2. The first-order valence-electron chi connectivity index (χ1n) is 34.8. The van der Waals surface area contributed by atoms with Gasteiger partial charge in [0.2, 0.25) is 0 Å². The van der Waals surface area contributed by atoms with Crippen LogP contribution in [0.3, 0.4) is 0 Å². The summed E-state index contributed by atoms with van der Waals surface area (Å²) in [7, 11) is -6.59. The predicted octanol–water partition coefficient (Wildman–Crippen LogP) is 24.0. The van der Waals surface area contributed by atoms with Crippen molar-refractivity contribution in [3.8, 4) is 34.1 Å². The van der Waals surface area contributed by atoms with Gasteiger partial charge in [0.15, 0.2) is 19.7 Å². The van der Waals surface area contributed by atoms with Gasteiger partial charge in [-0.1, -0.05) is 203 Å². The third kappa shape index (κ3) is 22.4. The summed E-state index contributed by atoms with van der Waals surface area (Å²) in [6.07, 6.45) is 27.6. The minimum Gasteiger partial charge on any atom is -0.240 e. The van der Waals surface area contributed by atoms with Crippen molar-refractivity contribution in [3.05, 3.63) is 294 Å². The third-order valence-corrected chi connectivity index (χ3v) is 20.7. The Balaban J connectivity index is 0.000000184. The van der Waals surface area contributed by atoms with Crippen molar-refractivity contribution in [1.29, 1.82) is 0 Å². The molecule has 0 atom stereocenters. The summed E-state index contributed by atoms with van der Waals surface area (Å²) in [4.78, 5) is 0.291. The third-order valence-electron chi connectivity index (χ3n) is 17.0. The number of hydrogen-bond donors (Lipinski definition) is 0. The van der Waals surface area contributed by atoms with Gasteiger partial charge >= 0.3 is 0 Å². The van der Waals surface area contributed by atoms with Gasteiger partial charge in [-0.2, -0.15) is 30.6 Å². The number of sulfone groups is 2. The van der Waals surface area contributed by atoms with Crippen LogP contribution in [-0.2, 0) is 19.7 Å². The summed E-state index contributed by atoms with van der Waals surface area (Å²) in [5.74, 6) is -0.257. The zero-order chi connectivity index (χ0) is 81.5. The fourth-order valence-electron chi connectivity index (χ4n) is 11.3. The summed E-state index contributed by atoms with van der Waals surface area (Å²) < 4.78 is 98.3. The SMILES string of the molecule is C=Cc1cn(-c2ccc(Cl)c(F)c2C(C)C)nc1C.C=Cc1cnn(-c2ccc(Cl)c(F)c2C(C)C)c1.C=Cc1cnn(-c2ccc(Cl)cc2C(C)C)c1.C=Cc1cnn(-c2ccc(Cl)cc2C(C)C)c1.CC(C)c1c(-n2cc(S(C)(=O)=O)cn2)ccc(Cl)c1F.CC(C)c1cc(Cl)ccc1-n1cc(S(C)(=O)=O)cn1. The second-order valence-corrected chi connectivity index (χ2v) is 33.9. The molecule has 6 aromatic carbocycles. The van der Waals surface area contributed by atoms with E-state index in [-0.39, 0.29) is 60.2 Å². The Hall–Kier alpha value is -9.03. The summed E-state index contributed by atoms with van der Waals surface area (Å²) in [6, 6.07) is 27.0. The number of aromatic nitrogens is 12. The normalized spacial score (nSPS) is 11.3. The van der Waals surface area contributed by atoms with E-state index in [0.717, 1.165) is 66.9 Å². The van der Waals surface area contributed by atoms with Crippen LogP contribution >= 0.6 is 69.6 Å². The van der Waals surface area contributed by atoms with Gasteiger partial charge in [-0.15, -0.1) is 0 Å². The van der Waals surface area contributed by atoms with Crippen LogP contribution in [0.4, 0.5) is 13.2 Å². The summed E-state index contributed by atoms with van der Waals surface area (Å²) in [5.41, 5.74) is 14.5. The quantitative estimate of drug-likeness (QED) is 0.0804. The highest BCUT2D eigenvalue weighted by atomic mass is 35.5. The molecule has 0 saturated heterocycles. The molecular weight excluding hydrogens is 1560 g/mol. The van der Waals surface area contributed by atoms with E-state index in [2.05, 4.69) is 98.5 Å². The monoisotopic (exact) mass is 1650 g/mol. The van der Waals surface area contributed by atoms with E-state index in [1.165, 1.54) is 52.9 Å². The van der Waals surface area contributed by atoms with Gasteiger partial charge < -0.3 is 0 Å². The highest BCUT2D eigenvalue weighted by Crippen LogP contribution is 2.36. The molecule has 0 aliphatic rings. The standard InChI is InChI=1S/C15H16ClFN2.C14H14ClFN2.2C14H15ClN2.C13H14ClFN2O2S.C13H15ClN2O2S/c1-5-11-8-19(18-10(11)4)13-7-6-12(16)15(17)14(13)9(2)3;1-4-10-7-17-18(8-10)12-6-5-11(15)14(16)13(12)9(2)3;2*1-4-11-8-16-17(9-11)14-6-5-12(15)7-13(14)10(2)3;1-8(2)12-11(5-4-10(14)13(12)15)17-7-9(6-16-17)20(3,18)19;1-9(2)12-6-10(14)4-5-13(12)16-8-11(7-15-16)19(3,17)18/h5-9H,1H2,2-4H3;4-9H,1H2,2-3H3;2*4-10H,1H2,2-3H3;4-8H,1-3H3;4-9H,1-3H3. The molecule has 0 bridgehead atoms. The Bertz CT molecular complexity index is 5400. The lowest BCUT2D eigenvalue weighted by molar-refractivity contribution is 0.593. The first-order chi connectivity index (χ1) is 51.7. The maximum absolute atomic E-state index is 14.2. The molecule has 110 heavy (non-hydrogen) atoms. The number of aryl methyl sites for hydroxylation is 1. The molecule has 12 aromatic rings. The molecule has 12 rings (SSSR count). The Morgan fingerprint density at radius 3 is 0.864 bits per heavy atom. The average molecular weight is 1650 g/mol. The van der Waals surface area contributed by atoms with Gasteiger partial charge in [0.1, 0.15) is 27.2 Å². The minimum atomic E-state index is -3.34. The predicted molar refractivity (Wildman–Crippen MR) is 447 cm³/mol. The Morgan fingerprint density at radius 2 is 0.618 bits per heavy atom. The van der Waals surface area contributed by atoms with Crippen molar-refractivity contribution in [3.63, 3.8) is 0 Å². The van der Waals surface area contributed by atoms with Crippen molar-refractivity contribution in [1.82, 2.24) is 58.7 Å². The molecular formula is C83H89Cl6F3N12O4S2. The van der Waals surface area contributed by atoms with Crippen molar-refractivity contribution in [2.75, 3.05) is 12.5 Å². The molecule has 27 heteroatoms. The van der Waals surface area contributed by atoms with Crippen LogP contribution in [-0.4, -0.2) is 88.0 Å². The summed E-state index contributed by atoms with van der Waals surface area (Å²) in [5, 5.41) is 27.9. The van der Waals surface area contributed by atoms with Gasteiger partial charge in [-0.05, 0) is 150 Å². The number of halogens is 9. The van der Waals surface area contributed by atoms with Crippen LogP contribution < -0.4 is 0 Å². The molecule has 0 saturated carbocycles. The Labute approximate surface area is 673 Å². The maximum Gasteiger partial charge on any atom is 0.178 e. The smallest absolute Gasteiger partial charge is 0.178 e. The zero-order valence-corrected chi connectivity index (χ0v) is 70.0. The van der Waals surface area contributed by atoms with E-state index in [9.17, 15) is 30.0 Å². The van der Waals surface area contributed by atoms with Crippen molar-refractivity contribution in [2.24, 2.45) is 0 Å². The number of nitrogens with zero attached hydrogens (tertiary/aromatic N) is 12. The second-order valence-electron chi connectivity index (χ2n) is 27.3.